The summed E-state index contributed by atoms with van der Waals surface area (Å²) >= 11 is 0. The van der Waals surface area contributed by atoms with Crippen molar-refractivity contribution in [1.82, 2.24) is 15.4 Å². The summed E-state index contributed by atoms with van der Waals surface area (Å²) in [7, 11) is 0. The number of carbonyl (C=O) groups excluding carboxylic acids is 1. The minimum atomic E-state index is -0.126. The highest BCUT2D eigenvalue weighted by Crippen LogP contribution is 2.24. The molecule has 0 aliphatic rings. The molecule has 1 heterocycles. The molecule has 2 rings (SSSR count). The van der Waals surface area contributed by atoms with Gasteiger partial charge in [0, 0.05) is 17.8 Å². The zero-order valence-corrected chi connectivity index (χ0v) is 16.2. The number of amides is 1. The van der Waals surface area contributed by atoms with Crippen LogP contribution in [0.25, 0.3) is 0 Å². The molecule has 0 bridgehead atoms. The zero-order chi connectivity index (χ0) is 19.2. The van der Waals surface area contributed by atoms with Crippen molar-refractivity contribution in [3.8, 4) is 5.75 Å². The van der Waals surface area contributed by atoms with Crippen molar-refractivity contribution >= 4 is 11.9 Å². The van der Waals surface area contributed by atoms with Crippen LogP contribution in [0.3, 0.4) is 0 Å². The maximum absolute atomic E-state index is 11.9. The van der Waals surface area contributed by atoms with Crippen molar-refractivity contribution in [1.29, 1.82) is 0 Å². The van der Waals surface area contributed by atoms with Crippen molar-refractivity contribution in [3.63, 3.8) is 0 Å². The first-order valence-electron chi connectivity index (χ1n) is 8.84. The molecule has 0 aliphatic heterocycles. The Labute approximate surface area is 155 Å². The number of benzene rings is 1. The van der Waals surface area contributed by atoms with E-state index in [1.807, 2.05) is 32.0 Å². The standard InChI is InChI=1S/C20H28N4O2/c1-14-13-15(2)22-19(21-14)24-23-18(25)7-6-12-26-17-10-8-16(9-11-17)20(3,4)5/h8-11,13H,6-7,12H2,1-5H3,(H,23,25)(H,21,22,24). The molecule has 140 valence electrons. The molecule has 0 saturated heterocycles. The Bertz CT molecular complexity index is 716. The molecule has 0 radical (unpaired) electrons. The summed E-state index contributed by atoms with van der Waals surface area (Å²) in [6.45, 7) is 10.8. The Morgan fingerprint density at radius 3 is 2.27 bits per heavy atom. The molecular formula is C20H28N4O2. The normalized spacial score (nSPS) is 11.1. The third-order valence-electron chi connectivity index (χ3n) is 3.83. The van der Waals surface area contributed by atoms with Crippen molar-refractivity contribution < 1.29 is 9.53 Å². The number of hydrogen-bond acceptors (Lipinski definition) is 5. The third kappa shape index (κ3) is 6.35. The number of aryl methyl sites for hydroxylation is 2. The molecule has 0 aliphatic carbocycles. The number of rotatable bonds is 7. The topological polar surface area (TPSA) is 76.1 Å². The monoisotopic (exact) mass is 356 g/mol. The van der Waals surface area contributed by atoms with Gasteiger partial charge in [-0.3, -0.25) is 15.6 Å². The average Bonchev–Trinajstić information content (AvgIpc) is 2.56. The molecule has 0 unspecified atom stereocenters. The predicted molar refractivity (Wildman–Crippen MR) is 103 cm³/mol. The van der Waals surface area contributed by atoms with Gasteiger partial charge < -0.3 is 4.74 Å². The largest absolute Gasteiger partial charge is 0.494 e. The lowest BCUT2D eigenvalue weighted by Gasteiger charge is -2.19. The second kappa shape index (κ2) is 8.65. The highest BCUT2D eigenvalue weighted by atomic mass is 16.5. The summed E-state index contributed by atoms with van der Waals surface area (Å²) in [4.78, 5) is 20.3. The Morgan fingerprint density at radius 2 is 1.69 bits per heavy atom. The molecular weight excluding hydrogens is 328 g/mol. The van der Waals surface area contributed by atoms with Gasteiger partial charge in [-0.25, -0.2) is 9.97 Å². The van der Waals surface area contributed by atoms with Crippen molar-refractivity contribution in [2.24, 2.45) is 0 Å². The SMILES string of the molecule is Cc1cc(C)nc(NNC(=O)CCCOc2ccc(C(C)(C)C)cc2)n1. The van der Waals surface area contributed by atoms with Crippen LogP contribution in [0.15, 0.2) is 30.3 Å². The molecule has 0 fully saturated rings. The second-order valence-corrected chi connectivity index (χ2v) is 7.37. The van der Waals surface area contributed by atoms with E-state index in [4.69, 9.17) is 4.74 Å². The van der Waals surface area contributed by atoms with Crippen LogP contribution in [-0.2, 0) is 10.2 Å². The van der Waals surface area contributed by atoms with Gasteiger partial charge in [0.05, 0.1) is 6.61 Å². The number of ether oxygens (including phenoxy) is 1. The fourth-order valence-electron chi connectivity index (χ4n) is 2.44. The zero-order valence-electron chi connectivity index (χ0n) is 16.2. The summed E-state index contributed by atoms with van der Waals surface area (Å²) in [6.07, 6.45) is 0.986. The Morgan fingerprint density at radius 1 is 1.08 bits per heavy atom. The van der Waals surface area contributed by atoms with E-state index >= 15 is 0 Å². The van der Waals surface area contributed by atoms with Crippen LogP contribution in [0.1, 0.15) is 50.6 Å². The Balaban J connectivity index is 1.68. The molecule has 6 nitrogen and oxygen atoms in total. The van der Waals surface area contributed by atoms with Gasteiger partial charge in [0.15, 0.2) is 0 Å². The smallest absolute Gasteiger partial charge is 0.242 e. The second-order valence-electron chi connectivity index (χ2n) is 7.37. The summed E-state index contributed by atoms with van der Waals surface area (Å²) in [5.74, 6) is 1.09. The van der Waals surface area contributed by atoms with Crippen LogP contribution in [0.4, 0.5) is 5.95 Å². The molecule has 6 heteroatoms. The lowest BCUT2D eigenvalue weighted by atomic mass is 9.87. The number of nitrogens with one attached hydrogen (secondary N) is 2. The predicted octanol–water partition coefficient (Wildman–Crippen LogP) is 3.69. The lowest BCUT2D eigenvalue weighted by Crippen LogP contribution is -2.30. The minimum absolute atomic E-state index is 0.126. The van der Waals surface area contributed by atoms with Crippen LogP contribution >= 0.6 is 0 Å². The first-order chi connectivity index (χ1) is 12.2. The van der Waals surface area contributed by atoms with Crippen LogP contribution < -0.4 is 15.6 Å². The molecule has 1 aromatic carbocycles. The maximum Gasteiger partial charge on any atom is 0.242 e. The van der Waals surface area contributed by atoms with E-state index in [1.54, 1.807) is 0 Å². The van der Waals surface area contributed by atoms with E-state index in [2.05, 4.69) is 53.7 Å². The molecule has 26 heavy (non-hydrogen) atoms. The van der Waals surface area contributed by atoms with Crippen molar-refractivity contribution in [3.05, 3.63) is 47.3 Å². The molecule has 0 saturated carbocycles. The molecule has 1 aromatic heterocycles. The number of hydrogen-bond donors (Lipinski definition) is 2. The summed E-state index contributed by atoms with van der Waals surface area (Å²) in [6, 6.07) is 9.98. The van der Waals surface area contributed by atoms with Crippen LogP contribution in [-0.4, -0.2) is 22.5 Å². The van der Waals surface area contributed by atoms with E-state index in [1.165, 1.54) is 5.56 Å². The molecule has 2 N–H and O–H groups in total. The summed E-state index contributed by atoms with van der Waals surface area (Å²) in [5.41, 5.74) is 8.44. The van der Waals surface area contributed by atoms with Gasteiger partial charge >= 0.3 is 0 Å². The highest BCUT2D eigenvalue weighted by molar-refractivity contribution is 5.76. The number of anilines is 1. The Kier molecular flexibility index (Phi) is 6.55. The first kappa shape index (κ1) is 19.7. The molecule has 2 aromatic rings. The van der Waals surface area contributed by atoms with Crippen LogP contribution in [0, 0.1) is 13.8 Å². The molecule has 0 atom stereocenters. The number of nitrogens with zero attached hydrogens (tertiary/aromatic N) is 2. The van der Waals surface area contributed by atoms with Gasteiger partial charge in [-0.2, -0.15) is 0 Å². The maximum atomic E-state index is 11.9. The van der Waals surface area contributed by atoms with Gasteiger partial charge in [0.2, 0.25) is 11.9 Å². The summed E-state index contributed by atoms with van der Waals surface area (Å²) < 4.78 is 5.69. The summed E-state index contributed by atoms with van der Waals surface area (Å²) in [5, 5.41) is 0. The fourth-order valence-corrected chi connectivity index (χ4v) is 2.44. The van der Waals surface area contributed by atoms with Crippen molar-refractivity contribution in [2.75, 3.05) is 12.0 Å². The Hall–Kier alpha value is -2.63. The van der Waals surface area contributed by atoms with E-state index in [-0.39, 0.29) is 11.3 Å². The fraction of sp³-hybridized carbons (Fsp3) is 0.450. The van der Waals surface area contributed by atoms with E-state index in [0.717, 1.165) is 17.1 Å². The van der Waals surface area contributed by atoms with Gasteiger partial charge in [-0.1, -0.05) is 32.9 Å². The first-order valence-corrected chi connectivity index (χ1v) is 8.84. The number of hydrazine groups is 1. The van der Waals surface area contributed by atoms with E-state index in [9.17, 15) is 4.79 Å². The van der Waals surface area contributed by atoms with Crippen LogP contribution in [0.2, 0.25) is 0 Å². The van der Waals surface area contributed by atoms with Gasteiger partial charge in [-0.15, -0.1) is 0 Å². The number of aromatic nitrogens is 2. The van der Waals surface area contributed by atoms with Gasteiger partial charge in [0.25, 0.3) is 0 Å². The van der Waals surface area contributed by atoms with Crippen LogP contribution in [0.5, 0.6) is 5.75 Å². The average molecular weight is 356 g/mol. The highest BCUT2D eigenvalue weighted by Gasteiger charge is 2.13. The lowest BCUT2D eigenvalue weighted by molar-refractivity contribution is -0.120. The van der Waals surface area contributed by atoms with Gasteiger partial charge in [-0.05, 0) is 49.4 Å². The number of carbonyl (C=O) groups is 1. The molecule has 0 spiro atoms. The third-order valence-corrected chi connectivity index (χ3v) is 3.83. The van der Waals surface area contributed by atoms with Crippen molar-refractivity contribution in [2.45, 2.75) is 52.9 Å². The minimum Gasteiger partial charge on any atom is -0.494 e. The molecule has 1 amide bonds. The van der Waals surface area contributed by atoms with E-state index < -0.39 is 0 Å². The van der Waals surface area contributed by atoms with E-state index in [0.29, 0.717) is 25.4 Å². The van der Waals surface area contributed by atoms with Gasteiger partial charge in [0.1, 0.15) is 5.75 Å². The quantitative estimate of drug-likeness (QED) is 0.584.